The lowest BCUT2D eigenvalue weighted by Crippen LogP contribution is -2.27. The number of carbonyl (C=O) groups excluding carboxylic acids is 1. The highest BCUT2D eigenvalue weighted by molar-refractivity contribution is 6.01. The summed E-state index contributed by atoms with van der Waals surface area (Å²) in [5.41, 5.74) is 4.01. The number of fused-ring (bicyclic) bond motifs is 2. The molecule has 0 amide bonds. The van der Waals surface area contributed by atoms with Crippen molar-refractivity contribution in [1.82, 2.24) is 0 Å². The Kier molecular flexibility index (Phi) is 5.25. The van der Waals surface area contributed by atoms with Crippen LogP contribution >= 0.6 is 0 Å². The average molecular weight is 485 g/mol. The third kappa shape index (κ3) is 3.69. The van der Waals surface area contributed by atoms with Gasteiger partial charge in [-0.25, -0.2) is 0 Å². The summed E-state index contributed by atoms with van der Waals surface area (Å²) in [6, 6.07) is 17.6. The van der Waals surface area contributed by atoms with Crippen LogP contribution < -0.4 is 24.8 Å². The summed E-state index contributed by atoms with van der Waals surface area (Å²) < 4.78 is 16.3. The third-order valence-electron chi connectivity index (χ3n) is 6.90. The highest BCUT2D eigenvalue weighted by Crippen LogP contribution is 2.48. The predicted molar refractivity (Wildman–Crippen MR) is 133 cm³/mol. The number of ether oxygens (including phenoxy) is 3. The number of hydrogen-bond acceptors (Lipinski definition) is 8. The number of hydrogen-bond donors (Lipinski definition) is 2. The minimum atomic E-state index is -0.746. The molecule has 2 aliphatic heterocycles. The normalized spacial score (nSPS) is 20.0. The van der Waals surface area contributed by atoms with Gasteiger partial charge < -0.3 is 24.8 Å². The molecule has 3 aliphatic rings. The van der Waals surface area contributed by atoms with Crippen molar-refractivity contribution in [2.75, 3.05) is 24.5 Å². The summed E-state index contributed by atoms with van der Waals surface area (Å²) >= 11 is 0. The number of nitro groups is 1. The van der Waals surface area contributed by atoms with Crippen LogP contribution in [-0.2, 0) is 4.79 Å². The van der Waals surface area contributed by atoms with Crippen LogP contribution in [0.15, 0.2) is 71.9 Å². The molecule has 1 aliphatic carbocycles. The zero-order chi connectivity index (χ0) is 24.8. The SMILES string of the molecule is COc1cccc(C2CC(=O)C3=C(C2)Nc2ccccc2NC3c2cc3c(cc2[N+](=O)[O-])OCO3)c1. The van der Waals surface area contributed by atoms with Crippen molar-refractivity contribution in [1.29, 1.82) is 0 Å². The van der Waals surface area contributed by atoms with Crippen LogP contribution in [0, 0.1) is 10.1 Å². The summed E-state index contributed by atoms with van der Waals surface area (Å²) in [5, 5.41) is 19.0. The molecule has 2 unspecified atom stereocenters. The average Bonchev–Trinajstić information content (AvgIpc) is 3.28. The Labute approximate surface area is 206 Å². The number of methoxy groups -OCH3 is 1. The maximum atomic E-state index is 13.8. The molecule has 6 rings (SSSR count). The first kappa shape index (κ1) is 22.0. The Bertz CT molecular complexity index is 1430. The van der Waals surface area contributed by atoms with Gasteiger partial charge in [0.05, 0.1) is 41.1 Å². The van der Waals surface area contributed by atoms with Gasteiger partial charge in [-0.3, -0.25) is 14.9 Å². The molecule has 0 bridgehead atoms. The Morgan fingerprint density at radius 1 is 1.00 bits per heavy atom. The van der Waals surface area contributed by atoms with E-state index in [1.807, 2.05) is 48.5 Å². The second kappa shape index (κ2) is 8.60. The Morgan fingerprint density at radius 3 is 2.56 bits per heavy atom. The van der Waals surface area contributed by atoms with E-state index in [1.165, 1.54) is 6.07 Å². The zero-order valence-corrected chi connectivity index (χ0v) is 19.4. The molecule has 36 heavy (non-hydrogen) atoms. The lowest BCUT2D eigenvalue weighted by molar-refractivity contribution is -0.385. The first-order valence-corrected chi connectivity index (χ1v) is 11.6. The number of nitrogens with zero attached hydrogens (tertiary/aromatic N) is 1. The van der Waals surface area contributed by atoms with E-state index in [0.717, 1.165) is 28.4 Å². The second-order valence-corrected chi connectivity index (χ2v) is 8.97. The van der Waals surface area contributed by atoms with Gasteiger partial charge >= 0.3 is 0 Å². The molecule has 2 heterocycles. The van der Waals surface area contributed by atoms with Gasteiger partial charge in [-0.2, -0.15) is 0 Å². The summed E-state index contributed by atoms with van der Waals surface area (Å²) in [4.78, 5) is 25.4. The molecule has 3 aromatic rings. The highest BCUT2D eigenvalue weighted by atomic mass is 16.7. The van der Waals surface area contributed by atoms with Gasteiger partial charge in [0, 0.05) is 17.7 Å². The van der Waals surface area contributed by atoms with Crippen LogP contribution in [0.3, 0.4) is 0 Å². The van der Waals surface area contributed by atoms with Gasteiger partial charge in [-0.05, 0) is 48.2 Å². The van der Waals surface area contributed by atoms with Crippen LogP contribution in [0.25, 0.3) is 0 Å². The number of Topliss-reactive ketones (excluding diaryl/α,β-unsaturated/α-hetero) is 1. The van der Waals surface area contributed by atoms with Crippen molar-refractivity contribution in [3.63, 3.8) is 0 Å². The van der Waals surface area contributed by atoms with Gasteiger partial charge in [0.25, 0.3) is 5.69 Å². The molecule has 2 atom stereocenters. The van der Waals surface area contributed by atoms with Gasteiger partial charge in [0.1, 0.15) is 5.75 Å². The summed E-state index contributed by atoms with van der Waals surface area (Å²) in [6.45, 7) is -0.00643. The first-order valence-electron chi connectivity index (χ1n) is 11.6. The van der Waals surface area contributed by atoms with Crippen molar-refractivity contribution >= 4 is 22.8 Å². The second-order valence-electron chi connectivity index (χ2n) is 8.97. The van der Waals surface area contributed by atoms with Gasteiger partial charge in [-0.1, -0.05) is 24.3 Å². The standard InChI is InChI=1S/C27H23N3O6/c1-34-17-6-4-5-15(9-17)16-10-21-26(23(31)11-16)27(29-20-8-3-2-7-19(20)28-21)18-12-24-25(36-14-35-24)13-22(18)30(32)33/h2-9,12-13,16,27-29H,10-11,14H2,1H3. The van der Waals surface area contributed by atoms with E-state index in [2.05, 4.69) is 10.6 Å². The largest absolute Gasteiger partial charge is 0.497 e. The van der Waals surface area contributed by atoms with Crippen LogP contribution in [0.2, 0.25) is 0 Å². The molecule has 9 heteroatoms. The van der Waals surface area contributed by atoms with Gasteiger partial charge in [0.15, 0.2) is 17.3 Å². The molecular weight excluding hydrogens is 462 g/mol. The maximum Gasteiger partial charge on any atom is 0.279 e. The van der Waals surface area contributed by atoms with Gasteiger partial charge in [0.2, 0.25) is 6.79 Å². The van der Waals surface area contributed by atoms with E-state index >= 15 is 0 Å². The minimum Gasteiger partial charge on any atom is -0.497 e. The number of ketones is 1. The summed E-state index contributed by atoms with van der Waals surface area (Å²) in [5.74, 6) is 1.34. The number of anilines is 2. The highest BCUT2D eigenvalue weighted by Gasteiger charge is 2.39. The smallest absolute Gasteiger partial charge is 0.279 e. The Morgan fingerprint density at radius 2 is 1.78 bits per heavy atom. The number of allylic oxidation sites excluding steroid dienone is 1. The van der Waals surface area contributed by atoms with E-state index in [1.54, 1.807) is 13.2 Å². The molecular formula is C27H23N3O6. The van der Waals surface area contributed by atoms with Crippen molar-refractivity contribution in [3.05, 3.63) is 93.2 Å². The first-order chi connectivity index (χ1) is 17.5. The van der Waals surface area contributed by atoms with Crippen LogP contribution in [0.5, 0.6) is 17.2 Å². The van der Waals surface area contributed by atoms with Crippen LogP contribution in [0.4, 0.5) is 17.1 Å². The van der Waals surface area contributed by atoms with Crippen molar-refractivity contribution in [2.24, 2.45) is 0 Å². The molecule has 182 valence electrons. The summed E-state index contributed by atoms with van der Waals surface area (Å²) in [7, 11) is 1.62. The van der Waals surface area contributed by atoms with E-state index in [4.69, 9.17) is 14.2 Å². The molecule has 9 nitrogen and oxygen atoms in total. The van der Waals surface area contributed by atoms with Crippen LogP contribution in [0.1, 0.15) is 35.9 Å². The maximum absolute atomic E-state index is 13.8. The minimum absolute atomic E-state index is 0.00643. The summed E-state index contributed by atoms with van der Waals surface area (Å²) in [6.07, 6.45) is 0.847. The molecule has 2 N–H and O–H groups in total. The van der Waals surface area contributed by atoms with E-state index in [-0.39, 0.29) is 30.6 Å². The third-order valence-corrected chi connectivity index (χ3v) is 6.90. The number of rotatable bonds is 4. The van der Waals surface area contributed by atoms with E-state index in [0.29, 0.717) is 29.1 Å². The number of carbonyl (C=O) groups is 1. The predicted octanol–water partition coefficient (Wildman–Crippen LogP) is 5.31. The van der Waals surface area contributed by atoms with Crippen molar-refractivity contribution in [2.45, 2.75) is 24.8 Å². The quantitative estimate of drug-likeness (QED) is 0.378. The lowest BCUT2D eigenvalue weighted by atomic mass is 9.78. The number of para-hydroxylation sites is 2. The molecule has 3 aromatic carbocycles. The number of nitrogens with one attached hydrogen (secondary N) is 2. The van der Waals surface area contributed by atoms with Gasteiger partial charge in [-0.15, -0.1) is 0 Å². The lowest BCUT2D eigenvalue weighted by Gasteiger charge is -2.30. The van der Waals surface area contributed by atoms with E-state index < -0.39 is 11.0 Å². The molecule has 0 saturated heterocycles. The molecule has 0 saturated carbocycles. The fraction of sp³-hybridized carbons (Fsp3) is 0.222. The van der Waals surface area contributed by atoms with Crippen molar-refractivity contribution < 1.29 is 23.9 Å². The fourth-order valence-corrected chi connectivity index (χ4v) is 5.19. The number of benzene rings is 3. The van der Waals surface area contributed by atoms with Crippen LogP contribution in [-0.4, -0.2) is 24.6 Å². The Balaban J connectivity index is 1.50. The molecule has 0 spiro atoms. The fourth-order valence-electron chi connectivity index (χ4n) is 5.19. The molecule has 0 fully saturated rings. The zero-order valence-electron chi connectivity index (χ0n) is 19.4. The monoisotopic (exact) mass is 485 g/mol. The number of nitro benzene ring substituents is 1. The topological polar surface area (TPSA) is 112 Å². The molecule has 0 radical (unpaired) electrons. The van der Waals surface area contributed by atoms with E-state index in [9.17, 15) is 14.9 Å². The molecule has 0 aromatic heterocycles. The Hall–Kier alpha value is -4.53. The van der Waals surface area contributed by atoms with Crippen molar-refractivity contribution in [3.8, 4) is 17.2 Å².